The number of Topliss-reactive ketones (excluding diaryl/α,β-unsaturated/α-hetero) is 1. The van der Waals surface area contributed by atoms with Crippen LogP contribution in [0, 0.1) is 0 Å². The van der Waals surface area contributed by atoms with Crippen LogP contribution in [0.1, 0.15) is 41.6 Å². The number of rotatable bonds is 10. The molecule has 3 aliphatic rings. The number of methoxy groups -OCH3 is 3. The summed E-state index contributed by atoms with van der Waals surface area (Å²) in [5.74, 6) is 2.54. The zero-order chi connectivity index (χ0) is 31.0. The minimum absolute atomic E-state index is 0.0167. The number of carbonyl (C=O) groups excluding carboxylic acids is 1. The smallest absolute Gasteiger partial charge is 0.206 e. The summed E-state index contributed by atoms with van der Waals surface area (Å²) >= 11 is 0. The summed E-state index contributed by atoms with van der Waals surface area (Å²) in [4.78, 5) is 24.1. The standard InChI is InChI=1S/C36H43N5O4/c1-43-31-14-13-27(33(44-2)34(31)45-3)32(42)29-23-36(24-37-29,25-9-5-4-6-10-25)17-20-39-18-15-26(16-19-39)40-21-22-41-30-12-8-7-11-28(30)38-35(40)41/h4-14,26,29,37H,15-24H2,1-3H3. The third kappa shape index (κ3) is 5.32. The number of nitrogens with one attached hydrogen (secondary N) is 1. The van der Waals surface area contributed by atoms with Crippen molar-refractivity contribution in [2.24, 2.45) is 0 Å². The second-order valence-electron chi connectivity index (χ2n) is 12.6. The van der Waals surface area contributed by atoms with Gasteiger partial charge in [0, 0.05) is 44.2 Å². The fourth-order valence-corrected chi connectivity index (χ4v) is 7.85. The van der Waals surface area contributed by atoms with E-state index in [1.54, 1.807) is 33.5 Å². The first-order valence-corrected chi connectivity index (χ1v) is 16.1. The van der Waals surface area contributed by atoms with Crippen LogP contribution in [0.5, 0.6) is 17.2 Å². The zero-order valence-corrected chi connectivity index (χ0v) is 26.5. The zero-order valence-electron chi connectivity index (χ0n) is 26.5. The molecule has 0 saturated carbocycles. The molecule has 1 N–H and O–H groups in total. The van der Waals surface area contributed by atoms with E-state index in [9.17, 15) is 4.79 Å². The Morgan fingerprint density at radius 3 is 2.40 bits per heavy atom. The van der Waals surface area contributed by atoms with Crippen LogP contribution in [0.15, 0.2) is 66.7 Å². The van der Waals surface area contributed by atoms with Crippen molar-refractivity contribution < 1.29 is 19.0 Å². The van der Waals surface area contributed by atoms with Crippen molar-refractivity contribution in [1.29, 1.82) is 0 Å². The third-order valence-electron chi connectivity index (χ3n) is 10.3. The molecule has 1 aromatic heterocycles. The topological polar surface area (TPSA) is 81.1 Å². The van der Waals surface area contributed by atoms with E-state index in [2.05, 4.69) is 74.3 Å². The van der Waals surface area contributed by atoms with Gasteiger partial charge in [0.2, 0.25) is 11.7 Å². The number of aromatic nitrogens is 2. The highest BCUT2D eigenvalue weighted by atomic mass is 16.5. The van der Waals surface area contributed by atoms with Crippen molar-refractivity contribution in [3.05, 3.63) is 77.9 Å². The number of para-hydroxylation sites is 2. The van der Waals surface area contributed by atoms with Crippen LogP contribution in [0.25, 0.3) is 11.0 Å². The first-order chi connectivity index (χ1) is 22.0. The van der Waals surface area contributed by atoms with E-state index < -0.39 is 0 Å². The maximum absolute atomic E-state index is 14.0. The SMILES string of the molecule is COc1ccc(C(=O)C2CC(CCN3CCC(N4CCn5c4nc4ccccc45)CC3)(c3ccccc3)CN2)c(OC)c1OC. The Balaban J connectivity index is 1.03. The molecule has 45 heavy (non-hydrogen) atoms. The Hall–Kier alpha value is -4.08. The number of benzene rings is 3. The molecule has 2 atom stereocenters. The number of hydrogen-bond acceptors (Lipinski definition) is 8. The lowest BCUT2D eigenvalue weighted by molar-refractivity contribution is 0.0944. The van der Waals surface area contributed by atoms with Gasteiger partial charge in [-0.1, -0.05) is 42.5 Å². The number of hydrogen-bond donors (Lipinski definition) is 1. The molecule has 4 aromatic rings. The van der Waals surface area contributed by atoms with Crippen molar-refractivity contribution in [3.8, 4) is 17.2 Å². The van der Waals surface area contributed by atoms with Gasteiger partial charge in [-0.3, -0.25) is 4.79 Å². The molecule has 236 valence electrons. The van der Waals surface area contributed by atoms with Crippen molar-refractivity contribution in [3.63, 3.8) is 0 Å². The lowest BCUT2D eigenvalue weighted by atomic mass is 9.75. The Morgan fingerprint density at radius 1 is 0.889 bits per heavy atom. The number of ketones is 1. The maximum atomic E-state index is 14.0. The fourth-order valence-electron chi connectivity index (χ4n) is 7.85. The first-order valence-electron chi connectivity index (χ1n) is 16.1. The van der Waals surface area contributed by atoms with E-state index in [0.29, 0.717) is 28.9 Å². The van der Waals surface area contributed by atoms with Gasteiger partial charge in [-0.05, 0) is 62.1 Å². The fraction of sp³-hybridized carbons (Fsp3) is 0.444. The van der Waals surface area contributed by atoms with E-state index in [0.717, 1.165) is 76.4 Å². The monoisotopic (exact) mass is 609 g/mol. The van der Waals surface area contributed by atoms with Crippen LogP contribution in [-0.2, 0) is 12.0 Å². The highest BCUT2D eigenvalue weighted by Gasteiger charge is 2.44. The van der Waals surface area contributed by atoms with Crippen molar-refractivity contribution in [1.82, 2.24) is 19.8 Å². The summed E-state index contributed by atoms with van der Waals surface area (Å²) in [7, 11) is 4.71. The van der Waals surface area contributed by atoms with Gasteiger partial charge >= 0.3 is 0 Å². The Morgan fingerprint density at radius 2 is 1.64 bits per heavy atom. The molecule has 0 amide bonds. The molecule has 2 fully saturated rings. The van der Waals surface area contributed by atoms with Crippen LogP contribution in [0.4, 0.5) is 5.95 Å². The quantitative estimate of drug-likeness (QED) is 0.254. The minimum atomic E-state index is -0.322. The van der Waals surface area contributed by atoms with Crippen LogP contribution < -0.4 is 24.4 Å². The summed E-state index contributed by atoms with van der Waals surface area (Å²) in [6.45, 7) is 5.96. The molecule has 0 radical (unpaired) electrons. The van der Waals surface area contributed by atoms with Gasteiger partial charge in [0.05, 0.1) is 44.0 Å². The molecule has 2 unspecified atom stereocenters. The predicted octanol–water partition coefficient (Wildman–Crippen LogP) is 4.92. The number of piperidine rings is 1. The van der Waals surface area contributed by atoms with Gasteiger partial charge in [0.25, 0.3) is 0 Å². The lowest BCUT2D eigenvalue weighted by Crippen LogP contribution is -2.46. The highest BCUT2D eigenvalue weighted by molar-refractivity contribution is 6.03. The summed E-state index contributed by atoms with van der Waals surface area (Å²) < 4.78 is 19.1. The average molecular weight is 610 g/mol. The molecule has 0 bridgehead atoms. The lowest BCUT2D eigenvalue weighted by Gasteiger charge is -2.38. The normalized spacial score (nSPS) is 22.1. The minimum Gasteiger partial charge on any atom is -0.493 e. The van der Waals surface area contributed by atoms with E-state index in [4.69, 9.17) is 19.2 Å². The second kappa shape index (κ2) is 12.4. The Bertz CT molecular complexity index is 1660. The number of ether oxygens (including phenoxy) is 3. The van der Waals surface area contributed by atoms with E-state index in [1.807, 2.05) is 0 Å². The summed E-state index contributed by atoms with van der Waals surface area (Å²) in [5, 5.41) is 3.60. The van der Waals surface area contributed by atoms with Gasteiger partial charge in [0.15, 0.2) is 17.3 Å². The molecular formula is C36H43N5O4. The van der Waals surface area contributed by atoms with Crippen molar-refractivity contribution in [2.45, 2.75) is 49.7 Å². The molecule has 3 aliphatic heterocycles. The number of carbonyl (C=O) groups is 1. The first kappa shape index (κ1) is 29.6. The molecule has 4 heterocycles. The van der Waals surface area contributed by atoms with Crippen LogP contribution >= 0.6 is 0 Å². The molecule has 2 saturated heterocycles. The number of anilines is 1. The second-order valence-corrected chi connectivity index (χ2v) is 12.6. The molecule has 9 heteroatoms. The largest absolute Gasteiger partial charge is 0.493 e. The Kier molecular flexibility index (Phi) is 8.14. The van der Waals surface area contributed by atoms with Gasteiger partial charge in [-0.25, -0.2) is 4.98 Å². The molecule has 9 nitrogen and oxygen atoms in total. The molecule has 7 rings (SSSR count). The number of imidazole rings is 1. The van der Waals surface area contributed by atoms with E-state index >= 15 is 0 Å². The summed E-state index contributed by atoms with van der Waals surface area (Å²) in [5.41, 5.74) is 3.99. The van der Waals surface area contributed by atoms with Gasteiger partial charge in [-0.15, -0.1) is 0 Å². The number of likely N-dealkylation sites (tertiary alicyclic amines) is 1. The molecular weight excluding hydrogens is 566 g/mol. The molecule has 0 spiro atoms. The van der Waals surface area contributed by atoms with E-state index in [1.165, 1.54) is 11.1 Å². The maximum Gasteiger partial charge on any atom is 0.206 e. The van der Waals surface area contributed by atoms with Crippen LogP contribution in [0.3, 0.4) is 0 Å². The molecule has 3 aromatic carbocycles. The molecule has 0 aliphatic carbocycles. The van der Waals surface area contributed by atoms with Gasteiger partial charge in [0.1, 0.15) is 0 Å². The number of fused-ring (bicyclic) bond motifs is 3. The predicted molar refractivity (Wildman–Crippen MR) is 176 cm³/mol. The average Bonchev–Trinajstić information content (AvgIpc) is 3.82. The summed E-state index contributed by atoms with van der Waals surface area (Å²) in [6.07, 6.45) is 3.99. The Labute approximate surface area is 265 Å². The third-order valence-corrected chi connectivity index (χ3v) is 10.3. The van der Waals surface area contributed by atoms with Gasteiger partial charge in [-0.2, -0.15) is 0 Å². The van der Waals surface area contributed by atoms with E-state index in [-0.39, 0.29) is 17.2 Å². The summed E-state index contributed by atoms with van der Waals surface area (Å²) in [6, 6.07) is 22.9. The van der Waals surface area contributed by atoms with Crippen LogP contribution in [0.2, 0.25) is 0 Å². The van der Waals surface area contributed by atoms with Crippen LogP contribution in [-0.4, -0.2) is 86.4 Å². The number of nitrogens with zero attached hydrogens (tertiary/aromatic N) is 4. The van der Waals surface area contributed by atoms with Crippen molar-refractivity contribution in [2.75, 3.05) is 59.0 Å². The highest BCUT2D eigenvalue weighted by Crippen LogP contribution is 2.43. The van der Waals surface area contributed by atoms with Crippen molar-refractivity contribution >= 4 is 22.8 Å². The van der Waals surface area contributed by atoms with Gasteiger partial charge < -0.3 is 33.9 Å².